The summed E-state index contributed by atoms with van der Waals surface area (Å²) < 4.78 is 0. The van der Waals surface area contributed by atoms with Crippen molar-refractivity contribution in [3.63, 3.8) is 0 Å². The van der Waals surface area contributed by atoms with E-state index in [0.29, 0.717) is 5.69 Å². The zero-order chi connectivity index (χ0) is 16.3. The number of benzene rings is 1. The molecule has 0 atom stereocenters. The van der Waals surface area contributed by atoms with Crippen LogP contribution in [0.5, 0.6) is 0 Å². The predicted molar refractivity (Wildman–Crippen MR) is 89.6 cm³/mol. The van der Waals surface area contributed by atoms with Crippen LogP contribution in [0.25, 0.3) is 0 Å². The van der Waals surface area contributed by atoms with E-state index in [4.69, 9.17) is 0 Å². The average molecular weight is 305 g/mol. The Morgan fingerprint density at radius 1 is 1.14 bits per heavy atom. The first-order valence-corrected chi connectivity index (χ1v) is 8.05. The van der Waals surface area contributed by atoms with Crippen molar-refractivity contribution in [1.82, 2.24) is 9.80 Å². The number of likely N-dealkylation sites (N-methyl/N-ethyl adjacent to an activating group) is 1. The van der Waals surface area contributed by atoms with Crippen molar-refractivity contribution in [2.24, 2.45) is 0 Å². The van der Waals surface area contributed by atoms with E-state index in [-0.39, 0.29) is 4.92 Å². The molecule has 5 heteroatoms. The summed E-state index contributed by atoms with van der Waals surface area (Å²) in [5.41, 5.74) is 4.24. The predicted octanol–water partition coefficient (Wildman–Crippen LogP) is 2.70. The van der Waals surface area contributed by atoms with Crippen molar-refractivity contribution in [2.75, 3.05) is 39.8 Å². The summed E-state index contributed by atoms with van der Waals surface area (Å²) >= 11 is 0. The van der Waals surface area contributed by atoms with Gasteiger partial charge in [-0.1, -0.05) is 0 Å². The number of rotatable bonds is 5. The molecule has 122 valence electrons. The molecule has 5 nitrogen and oxygen atoms in total. The number of nitrogens with zero attached hydrogens (tertiary/aromatic N) is 3. The fourth-order valence-electron chi connectivity index (χ4n) is 3.43. The van der Waals surface area contributed by atoms with E-state index in [0.717, 1.165) is 62.3 Å². The molecule has 0 bridgehead atoms. The fourth-order valence-corrected chi connectivity index (χ4v) is 3.43. The molecule has 22 heavy (non-hydrogen) atoms. The Morgan fingerprint density at radius 2 is 1.77 bits per heavy atom. The third-order valence-electron chi connectivity index (χ3n) is 4.77. The molecule has 1 aromatic rings. The standard InChI is InChI=1S/C17H27N3O2/c1-13-12-14(2)17(20(21)22)15(3)16(13)6-5-7-19-10-8-18(4)9-11-19/h12H,5-11H2,1-4H3. The maximum absolute atomic E-state index is 11.3. The van der Waals surface area contributed by atoms with Crippen molar-refractivity contribution >= 4 is 5.69 Å². The molecule has 1 aromatic carbocycles. The number of piperazine rings is 1. The second kappa shape index (κ2) is 7.20. The highest BCUT2D eigenvalue weighted by molar-refractivity contribution is 5.53. The highest BCUT2D eigenvalue weighted by Gasteiger charge is 2.20. The van der Waals surface area contributed by atoms with E-state index in [2.05, 4.69) is 23.8 Å². The molecule has 0 unspecified atom stereocenters. The van der Waals surface area contributed by atoms with Crippen molar-refractivity contribution in [1.29, 1.82) is 0 Å². The lowest BCUT2D eigenvalue weighted by Gasteiger charge is -2.32. The largest absolute Gasteiger partial charge is 0.304 e. The summed E-state index contributed by atoms with van der Waals surface area (Å²) in [6.45, 7) is 11.4. The molecule has 0 amide bonds. The SMILES string of the molecule is Cc1cc(C)c([N+](=O)[O-])c(C)c1CCCN1CCN(C)CC1. The van der Waals surface area contributed by atoms with Gasteiger partial charge in [-0.05, 0) is 64.4 Å². The molecule has 1 aliphatic heterocycles. The average Bonchev–Trinajstić information content (AvgIpc) is 2.43. The normalized spacial score (nSPS) is 16.9. The molecule has 0 radical (unpaired) electrons. The van der Waals surface area contributed by atoms with E-state index < -0.39 is 0 Å². The van der Waals surface area contributed by atoms with Crippen LogP contribution in [0.1, 0.15) is 28.7 Å². The molecule has 0 spiro atoms. The maximum Gasteiger partial charge on any atom is 0.275 e. The van der Waals surface area contributed by atoms with Crippen LogP contribution in [0.15, 0.2) is 6.07 Å². The summed E-state index contributed by atoms with van der Waals surface area (Å²) in [4.78, 5) is 15.9. The Hall–Kier alpha value is -1.46. The van der Waals surface area contributed by atoms with Crippen molar-refractivity contribution < 1.29 is 4.92 Å². The van der Waals surface area contributed by atoms with Crippen molar-refractivity contribution in [3.05, 3.63) is 38.4 Å². The summed E-state index contributed by atoms with van der Waals surface area (Å²) in [6, 6.07) is 1.95. The van der Waals surface area contributed by atoms with Crippen LogP contribution in [0.3, 0.4) is 0 Å². The Morgan fingerprint density at radius 3 is 2.36 bits per heavy atom. The van der Waals surface area contributed by atoms with Gasteiger partial charge in [-0.25, -0.2) is 0 Å². The Balaban J connectivity index is 2.01. The zero-order valence-electron chi connectivity index (χ0n) is 14.2. The minimum Gasteiger partial charge on any atom is -0.304 e. The van der Waals surface area contributed by atoms with Gasteiger partial charge in [-0.3, -0.25) is 10.1 Å². The smallest absolute Gasteiger partial charge is 0.275 e. The molecule has 1 saturated heterocycles. The quantitative estimate of drug-likeness (QED) is 0.620. The summed E-state index contributed by atoms with van der Waals surface area (Å²) in [5.74, 6) is 0. The van der Waals surface area contributed by atoms with Crippen molar-refractivity contribution in [3.8, 4) is 0 Å². The highest BCUT2D eigenvalue weighted by Crippen LogP contribution is 2.29. The zero-order valence-corrected chi connectivity index (χ0v) is 14.2. The van der Waals surface area contributed by atoms with Crippen LogP contribution in [0, 0.1) is 30.9 Å². The number of hydrogen-bond acceptors (Lipinski definition) is 4. The van der Waals surface area contributed by atoms with Gasteiger partial charge in [0.1, 0.15) is 0 Å². The second-order valence-corrected chi connectivity index (χ2v) is 6.47. The van der Waals surface area contributed by atoms with Gasteiger partial charge in [0.25, 0.3) is 5.69 Å². The van der Waals surface area contributed by atoms with Gasteiger partial charge >= 0.3 is 0 Å². The second-order valence-electron chi connectivity index (χ2n) is 6.47. The molecule has 1 heterocycles. The van der Waals surface area contributed by atoms with E-state index in [1.54, 1.807) is 0 Å². The highest BCUT2D eigenvalue weighted by atomic mass is 16.6. The molecule has 2 rings (SSSR count). The van der Waals surface area contributed by atoms with Crippen LogP contribution in [0.4, 0.5) is 5.69 Å². The maximum atomic E-state index is 11.3. The number of nitro groups is 1. The van der Waals surface area contributed by atoms with Gasteiger partial charge in [-0.2, -0.15) is 0 Å². The van der Waals surface area contributed by atoms with Crippen LogP contribution in [-0.2, 0) is 6.42 Å². The van der Waals surface area contributed by atoms with Crippen LogP contribution >= 0.6 is 0 Å². The first-order chi connectivity index (χ1) is 10.4. The fraction of sp³-hybridized carbons (Fsp3) is 0.647. The number of nitro benzene ring substituents is 1. The van der Waals surface area contributed by atoms with Crippen LogP contribution in [-0.4, -0.2) is 54.5 Å². The molecular formula is C17H27N3O2. The Labute approximate surface area is 133 Å². The van der Waals surface area contributed by atoms with Crippen LogP contribution < -0.4 is 0 Å². The summed E-state index contributed by atoms with van der Waals surface area (Å²) in [5, 5.41) is 11.3. The number of aryl methyl sites for hydroxylation is 2. The Bertz CT molecular complexity index is 549. The lowest BCUT2D eigenvalue weighted by Crippen LogP contribution is -2.44. The van der Waals surface area contributed by atoms with E-state index in [9.17, 15) is 10.1 Å². The third kappa shape index (κ3) is 3.84. The first kappa shape index (κ1) is 16.9. The van der Waals surface area contributed by atoms with E-state index >= 15 is 0 Å². The molecule has 0 aromatic heterocycles. The van der Waals surface area contributed by atoms with Gasteiger partial charge < -0.3 is 9.80 Å². The van der Waals surface area contributed by atoms with Gasteiger partial charge in [0.2, 0.25) is 0 Å². The molecule has 0 N–H and O–H groups in total. The lowest BCUT2D eigenvalue weighted by molar-refractivity contribution is -0.386. The minimum atomic E-state index is -0.242. The summed E-state index contributed by atoms with van der Waals surface area (Å²) in [6.07, 6.45) is 1.98. The molecule has 1 fully saturated rings. The topological polar surface area (TPSA) is 49.6 Å². The molecule has 1 aliphatic rings. The van der Waals surface area contributed by atoms with E-state index in [1.165, 1.54) is 5.56 Å². The number of hydrogen-bond donors (Lipinski definition) is 0. The van der Waals surface area contributed by atoms with Gasteiger partial charge in [0.15, 0.2) is 0 Å². The van der Waals surface area contributed by atoms with Crippen molar-refractivity contribution in [2.45, 2.75) is 33.6 Å². The molecular weight excluding hydrogens is 278 g/mol. The Kier molecular flexibility index (Phi) is 5.53. The van der Waals surface area contributed by atoms with Crippen LogP contribution in [0.2, 0.25) is 0 Å². The molecule has 0 aliphatic carbocycles. The third-order valence-corrected chi connectivity index (χ3v) is 4.77. The monoisotopic (exact) mass is 305 g/mol. The first-order valence-electron chi connectivity index (χ1n) is 8.05. The van der Waals surface area contributed by atoms with E-state index in [1.807, 2.05) is 19.9 Å². The van der Waals surface area contributed by atoms with Gasteiger partial charge in [-0.15, -0.1) is 0 Å². The minimum absolute atomic E-state index is 0.242. The molecule has 0 saturated carbocycles. The van der Waals surface area contributed by atoms with Gasteiger partial charge in [0, 0.05) is 37.3 Å². The lowest BCUT2D eigenvalue weighted by atomic mass is 9.94. The summed E-state index contributed by atoms with van der Waals surface area (Å²) in [7, 11) is 2.16. The van der Waals surface area contributed by atoms with Gasteiger partial charge in [0.05, 0.1) is 4.92 Å².